The number of hydrogen-bond acceptors (Lipinski definition) is 7. The first-order valence-corrected chi connectivity index (χ1v) is 7.34. The summed E-state index contributed by atoms with van der Waals surface area (Å²) in [6, 6.07) is 6.89. The fourth-order valence-corrected chi connectivity index (χ4v) is 1.70. The number of anilines is 2. The molecule has 1 amide bonds. The molecule has 1 aromatic rings. The highest BCUT2D eigenvalue weighted by atomic mass is 16.6. The van der Waals surface area contributed by atoms with Gasteiger partial charge in [-0.1, -0.05) is 6.92 Å². The summed E-state index contributed by atoms with van der Waals surface area (Å²) in [5.41, 5.74) is 1.36. The molecule has 0 radical (unpaired) electrons. The molecule has 1 atom stereocenters. The Bertz CT molecular complexity index is 492. The molecule has 0 aliphatic carbocycles. The van der Waals surface area contributed by atoms with Crippen LogP contribution in [-0.4, -0.2) is 42.8 Å². The van der Waals surface area contributed by atoms with Gasteiger partial charge in [-0.15, -0.1) is 0 Å². The van der Waals surface area contributed by atoms with Gasteiger partial charge in [-0.25, -0.2) is 5.90 Å². The van der Waals surface area contributed by atoms with Gasteiger partial charge in [-0.3, -0.25) is 14.4 Å². The zero-order valence-corrected chi connectivity index (χ0v) is 13.1. The zero-order chi connectivity index (χ0) is 17.1. The maximum absolute atomic E-state index is 11.3. The highest BCUT2D eigenvalue weighted by Crippen LogP contribution is 2.13. The number of aliphatic hydroxyl groups excluding tert-OH is 1. The summed E-state index contributed by atoms with van der Waals surface area (Å²) < 4.78 is 4.92. The Hall–Kier alpha value is -2.16. The van der Waals surface area contributed by atoms with Crippen LogP contribution in [0, 0.1) is 0 Å². The van der Waals surface area contributed by atoms with E-state index in [9.17, 15) is 14.7 Å². The normalized spacial score (nSPS) is 11.6. The topological polar surface area (TPSA) is 123 Å². The quantitative estimate of drug-likeness (QED) is 0.367. The van der Waals surface area contributed by atoms with Crippen LogP contribution in [0.25, 0.3) is 0 Å². The summed E-state index contributed by atoms with van der Waals surface area (Å²) in [6.45, 7) is 1.86. The van der Waals surface area contributed by atoms with Crippen molar-refractivity contribution >= 4 is 23.3 Å². The molecule has 0 bridgehead atoms. The number of nitrogens with two attached hydrogens (primary N) is 1. The summed E-state index contributed by atoms with van der Waals surface area (Å²) in [5, 5.41) is 15.3. The third-order valence-corrected chi connectivity index (χ3v) is 2.82. The number of carbonyl (C=O) groups excluding carboxylic acids is 2. The Kier molecular flexibility index (Phi) is 8.66. The minimum Gasteiger partial charge on any atom is -0.463 e. The van der Waals surface area contributed by atoms with Crippen LogP contribution in [0.5, 0.6) is 0 Å². The third-order valence-electron chi connectivity index (χ3n) is 2.82. The predicted molar refractivity (Wildman–Crippen MR) is 85.6 cm³/mol. The maximum atomic E-state index is 11.3. The smallest absolute Gasteiger partial charge is 0.305 e. The predicted octanol–water partition coefficient (Wildman–Crippen LogP) is 0.632. The number of esters is 1. The molecule has 23 heavy (non-hydrogen) atoms. The number of amides is 1. The van der Waals surface area contributed by atoms with Crippen molar-refractivity contribution in [1.82, 2.24) is 0 Å². The van der Waals surface area contributed by atoms with Crippen molar-refractivity contribution in [2.24, 2.45) is 5.90 Å². The lowest BCUT2D eigenvalue weighted by molar-refractivity contribution is -0.146. The van der Waals surface area contributed by atoms with Gasteiger partial charge in [0.05, 0.1) is 0 Å². The van der Waals surface area contributed by atoms with Crippen LogP contribution in [0.2, 0.25) is 0 Å². The van der Waals surface area contributed by atoms with E-state index in [1.807, 2.05) is 6.92 Å². The monoisotopic (exact) mass is 325 g/mol. The highest BCUT2D eigenvalue weighted by Gasteiger charge is 2.08. The van der Waals surface area contributed by atoms with Gasteiger partial charge in [0.1, 0.15) is 19.3 Å². The van der Waals surface area contributed by atoms with Gasteiger partial charge in [0.2, 0.25) is 0 Å². The van der Waals surface area contributed by atoms with Crippen LogP contribution in [0.1, 0.15) is 19.8 Å². The van der Waals surface area contributed by atoms with E-state index in [1.165, 1.54) is 0 Å². The molecule has 0 spiro atoms. The van der Waals surface area contributed by atoms with Gasteiger partial charge in [-0.05, 0) is 30.7 Å². The molecule has 0 aromatic heterocycles. The number of nitrogens with one attached hydrogen (secondary N) is 2. The van der Waals surface area contributed by atoms with Gasteiger partial charge in [0.25, 0.3) is 5.91 Å². The molecule has 128 valence electrons. The van der Waals surface area contributed by atoms with Gasteiger partial charge >= 0.3 is 5.97 Å². The van der Waals surface area contributed by atoms with Crippen molar-refractivity contribution in [3.8, 4) is 0 Å². The van der Waals surface area contributed by atoms with Gasteiger partial charge < -0.3 is 20.5 Å². The number of rotatable bonds is 10. The molecule has 0 heterocycles. The van der Waals surface area contributed by atoms with Crippen molar-refractivity contribution in [3.63, 3.8) is 0 Å². The molecule has 0 fully saturated rings. The van der Waals surface area contributed by atoms with E-state index in [4.69, 9.17) is 10.6 Å². The number of hydrogen-bond donors (Lipinski definition) is 4. The molecule has 0 aliphatic heterocycles. The fraction of sp³-hybridized carbons (Fsp3) is 0.467. The number of carbonyl (C=O) groups is 2. The summed E-state index contributed by atoms with van der Waals surface area (Å²) in [4.78, 5) is 26.7. The Morgan fingerprint density at radius 1 is 1.26 bits per heavy atom. The van der Waals surface area contributed by atoms with Crippen molar-refractivity contribution in [2.75, 3.05) is 30.4 Å². The third kappa shape index (κ3) is 8.15. The van der Waals surface area contributed by atoms with E-state index in [0.29, 0.717) is 18.5 Å². The summed E-state index contributed by atoms with van der Waals surface area (Å²) in [7, 11) is 0. The average Bonchev–Trinajstić information content (AvgIpc) is 2.53. The van der Waals surface area contributed by atoms with E-state index in [-0.39, 0.29) is 31.6 Å². The molecule has 0 unspecified atom stereocenters. The van der Waals surface area contributed by atoms with E-state index < -0.39 is 6.10 Å². The first-order valence-electron chi connectivity index (χ1n) is 7.34. The lowest BCUT2D eigenvalue weighted by Crippen LogP contribution is -2.26. The molecule has 0 saturated carbocycles. The molecule has 0 saturated heterocycles. The molecular weight excluding hydrogens is 302 g/mol. The Morgan fingerprint density at radius 3 is 2.52 bits per heavy atom. The molecule has 1 rings (SSSR count). The lowest BCUT2D eigenvalue weighted by Gasteiger charge is -2.13. The van der Waals surface area contributed by atoms with Crippen LogP contribution in [-0.2, 0) is 19.2 Å². The van der Waals surface area contributed by atoms with E-state index in [0.717, 1.165) is 5.69 Å². The average molecular weight is 325 g/mol. The summed E-state index contributed by atoms with van der Waals surface area (Å²) in [6.07, 6.45) is 0.271. The fourth-order valence-electron chi connectivity index (χ4n) is 1.70. The molecule has 8 heteroatoms. The number of aliphatic hydroxyl groups is 1. The van der Waals surface area contributed by atoms with Crippen molar-refractivity contribution in [1.29, 1.82) is 0 Å². The van der Waals surface area contributed by atoms with Crippen LogP contribution in [0.15, 0.2) is 24.3 Å². The Balaban J connectivity index is 2.32. The van der Waals surface area contributed by atoms with Crippen LogP contribution in [0.4, 0.5) is 11.4 Å². The van der Waals surface area contributed by atoms with Gasteiger partial charge in [0, 0.05) is 24.3 Å². The molecular formula is C15H23N3O5. The van der Waals surface area contributed by atoms with Gasteiger partial charge in [0.15, 0.2) is 0 Å². The first-order chi connectivity index (χ1) is 11.0. The lowest BCUT2D eigenvalue weighted by atomic mass is 10.2. The van der Waals surface area contributed by atoms with Crippen molar-refractivity contribution in [3.05, 3.63) is 24.3 Å². The van der Waals surface area contributed by atoms with Crippen LogP contribution >= 0.6 is 0 Å². The minimum atomic E-state index is -0.795. The highest BCUT2D eigenvalue weighted by molar-refractivity contribution is 5.91. The van der Waals surface area contributed by atoms with E-state index >= 15 is 0 Å². The summed E-state index contributed by atoms with van der Waals surface area (Å²) in [5.74, 6) is 4.15. The zero-order valence-electron chi connectivity index (χ0n) is 13.1. The molecule has 0 aliphatic rings. The standard InChI is InChI=1S/C15H23N3O5/c1-2-3-15(21)22-9-13(19)8-17-11-4-6-12(7-5-11)18-14(20)10-23-16/h4-7,13,17,19H,2-3,8-10,16H2,1H3,(H,18,20)/t13-/m1/s1. The first kappa shape index (κ1) is 18.9. The molecule has 1 aromatic carbocycles. The number of ether oxygens (including phenoxy) is 1. The van der Waals surface area contributed by atoms with Crippen LogP contribution in [0.3, 0.4) is 0 Å². The minimum absolute atomic E-state index is 0.0426. The largest absolute Gasteiger partial charge is 0.463 e. The SMILES string of the molecule is CCCC(=O)OC[C@H](O)CNc1ccc(NC(=O)CON)cc1. The Labute approximate surface area is 134 Å². The van der Waals surface area contributed by atoms with E-state index in [2.05, 4.69) is 15.5 Å². The number of benzene rings is 1. The van der Waals surface area contributed by atoms with Crippen LogP contribution < -0.4 is 16.5 Å². The second-order valence-electron chi connectivity index (χ2n) is 4.90. The van der Waals surface area contributed by atoms with Crippen molar-refractivity contribution < 1.29 is 24.3 Å². The Morgan fingerprint density at radius 2 is 1.91 bits per heavy atom. The molecule has 8 nitrogen and oxygen atoms in total. The second-order valence-corrected chi connectivity index (χ2v) is 4.90. The summed E-state index contributed by atoms with van der Waals surface area (Å²) >= 11 is 0. The van der Waals surface area contributed by atoms with E-state index in [1.54, 1.807) is 24.3 Å². The van der Waals surface area contributed by atoms with Gasteiger partial charge in [-0.2, -0.15) is 0 Å². The molecule has 5 N–H and O–H groups in total. The van der Waals surface area contributed by atoms with Crippen molar-refractivity contribution in [2.45, 2.75) is 25.9 Å². The maximum Gasteiger partial charge on any atom is 0.305 e. The second kappa shape index (κ2) is 10.5.